The molecule has 2 atom stereocenters. The van der Waals surface area contributed by atoms with Gasteiger partial charge in [-0.3, -0.25) is 0 Å². The number of hydrogen-bond acceptors (Lipinski definition) is 3. The molecule has 0 radical (unpaired) electrons. The lowest BCUT2D eigenvalue weighted by Crippen LogP contribution is -2.21. The second-order valence-corrected chi connectivity index (χ2v) is 6.98. The fraction of sp³-hybridized carbons (Fsp3) is 1.00. The smallest absolute Gasteiger partial charge is 0.150 e. The van der Waals surface area contributed by atoms with Crippen LogP contribution < -0.4 is 0 Å². The Balaban J connectivity index is 1.77. The number of rotatable bonds is 4. The Labute approximate surface area is 85.4 Å². The molecule has 1 saturated heterocycles. The summed E-state index contributed by atoms with van der Waals surface area (Å²) in [6, 6.07) is 0. The minimum atomic E-state index is -2.82. The molecule has 2 unspecified atom stereocenters. The van der Waals surface area contributed by atoms with E-state index in [0.29, 0.717) is 6.42 Å². The highest BCUT2D eigenvalue weighted by molar-refractivity contribution is 7.91. The van der Waals surface area contributed by atoms with Crippen LogP contribution >= 0.6 is 0 Å². The number of aliphatic hydroxyl groups is 1. The first-order valence-corrected chi connectivity index (χ1v) is 7.27. The average Bonchev–Trinajstić information content (AvgIpc) is 2.86. The van der Waals surface area contributed by atoms with Gasteiger partial charge in [0.1, 0.15) is 0 Å². The summed E-state index contributed by atoms with van der Waals surface area (Å²) in [4.78, 5) is 0. The van der Waals surface area contributed by atoms with Crippen molar-refractivity contribution in [1.82, 2.24) is 0 Å². The number of hydrogen-bond donors (Lipinski definition) is 1. The van der Waals surface area contributed by atoms with Crippen LogP contribution in [0.15, 0.2) is 0 Å². The van der Waals surface area contributed by atoms with Crippen LogP contribution in [-0.4, -0.2) is 31.1 Å². The molecule has 3 nitrogen and oxygen atoms in total. The van der Waals surface area contributed by atoms with Crippen LogP contribution in [0, 0.1) is 11.8 Å². The first-order valence-electron chi connectivity index (χ1n) is 5.45. The predicted molar refractivity (Wildman–Crippen MR) is 54.7 cm³/mol. The Bertz CT molecular complexity index is 292. The van der Waals surface area contributed by atoms with E-state index in [2.05, 4.69) is 0 Å². The minimum Gasteiger partial charge on any atom is -0.393 e. The highest BCUT2D eigenvalue weighted by atomic mass is 32.2. The maximum Gasteiger partial charge on any atom is 0.150 e. The van der Waals surface area contributed by atoms with Crippen molar-refractivity contribution in [3.63, 3.8) is 0 Å². The van der Waals surface area contributed by atoms with Crippen LogP contribution in [0.1, 0.15) is 32.1 Å². The molecule has 82 valence electrons. The third-order valence-corrected chi connectivity index (χ3v) is 5.17. The van der Waals surface area contributed by atoms with Crippen LogP contribution in [0.25, 0.3) is 0 Å². The van der Waals surface area contributed by atoms with Crippen molar-refractivity contribution >= 4 is 9.84 Å². The molecule has 1 heterocycles. The highest BCUT2D eigenvalue weighted by Crippen LogP contribution is 2.35. The van der Waals surface area contributed by atoms with Crippen molar-refractivity contribution < 1.29 is 13.5 Å². The zero-order valence-corrected chi connectivity index (χ0v) is 9.17. The molecule has 0 aromatic rings. The predicted octanol–water partition coefficient (Wildman–Crippen LogP) is 0.972. The lowest BCUT2D eigenvalue weighted by molar-refractivity contribution is 0.107. The summed E-state index contributed by atoms with van der Waals surface area (Å²) in [7, 11) is -2.82. The molecule has 2 fully saturated rings. The fourth-order valence-electron chi connectivity index (χ4n) is 2.18. The van der Waals surface area contributed by atoms with Gasteiger partial charge in [-0.2, -0.15) is 0 Å². The van der Waals surface area contributed by atoms with Crippen molar-refractivity contribution in [2.45, 2.75) is 38.2 Å². The highest BCUT2D eigenvalue weighted by Gasteiger charge is 2.33. The van der Waals surface area contributed by atoms with Gasteiger partial charge in [0.15, 0.2) is 9.84 Å². The molecule has 1 aliphatic carbocycles. The third kappa shape index (κ3) is 2.70. The van der Waals surface area contributed by atoms with E-state index >= 15 is 0 Å². The normalized spacial score (nSPS) is 33.1. The molecular weight excluding hydrogens is 200 g/mol. The summed E-state index contributed by atoms with van der Waals surface area (Å²) in [5.41, 5.74) is 0. The maximum atomic E-state index is 11.2. The minimum absolute atomic E-state index is 0.0127. The third-order valence-electron chi connectivity index (χ3n) is 3.38. The summed E-state index contributed by atoms with van der Waals surface area (Å²) in [5.74, 6) is 1.32. The number of sulfone groups is 1. The van der Waals surface area contributed by atoms with Gasteiger partial charge in [-0.25, -0.2) is 8.42 Å². The molecule has 0 spiro atoms. The zero-order valence-electron chi connectivity index (χ0n) is 8.35. The molecule has 1 N–H and O–H groups in total. The van der Waals surface area contributed by atoms with E-state index < -0.39 is 9.84 Å². The van der Waals surface area contributed by atoms with Gasteiger partial charge in [0.2, 0.25) is 0 Å². The van der Waals surface area contributed by atoms with Crippen LogP contribution in [0.3, 0.4) is 0 Å². The Hall–Kier alpha value is -0.0900. The first kappa shape index (κ1) is 10.4. The van der Waals surface area contributed by atoms with E-state index in [1.807, 2.05) is 0 Å². The molecule has 2 aliphatic rings. The van der Waals surface area contributed by atoms with Gasteiger partial charge in [-0.1, -0.05) is 12.8 Å². The van der Waals surface area contributed by atoms with E-state index in [1.165, 1.54) is 12.8 Å². The van der Waals surface area contributed by atoms with Crippen molar-refractivity contribution in [3.8, 4) is 0 Å². The van der Waals surface area contributed by atoms with Crippen molar-refractivity contribution in [3.05, 3.63) is 0 Å². The second-order valence-electron chi connectivity index (χ2n) is 4.75. The molecule has 0 aromatic heterocycles. The standard InChI is InChI=1S/C10H18O3S/c11-10(4-3-8-1-2-8)9-5-6-14(12,13)7-9/h8-11H,1-7H2. The van der Waals surface area contributed by atoms with Crippen LogP contribution in [-0.2, 0) is 9.84 Å². The first-order chi connectivity index (χ1) is 6.57. The van der Waals surface area contributed by atoms with Gasteiger partial charge in [0.05, 0.1) is 17.6 Å². The quantitative estimate of drug-likeness (QED) is 0.765. The van der Waals surface area contributed by atoms with Gasteiger partial charge < -0.3 is 5.11 Å². The van der Waals surface area contributed by atoms with E-state index in [-0.39, 0.29) is 23.5 Å². The molecule has 1 aliphatic heterocycles. The Kier molecular flexibility index (Phi) is 2.84. The largest absolute Gasteiger partial charge is 0.393 e. The van der Waals surface area contributed by atoms with E-state index in [9.17, 15) is 13.5 Å². The lowest BCUT2D eigenvalue weighted by Gasteiger charge is -2.15. The van der Waals surface area contributed by atoms with E-state index in [1.54, 1.807) is 0 Å². The molecule has 14 heavy (non-hydrogen) atoms. The van der Waals surface area contributed by atoms with Gasteiger partial charge in [-0.15, -0.1) is 0 Å². The summed E-state index contributed by atoms with van der Waals surface area (Å²) in [6.45, 7) is 0. The fourth-order valence-corrected chi connectivity index (χ4v) is 4.05. The summed E-state index contributed by atoms with van der Waals surface area (Å²) in [5, 5.41) is 9.79. The monoisotopic (exact) mass is 218 g/mol. The van der Waals surface area contributed by atoms with Crippen LogP contribution in [0.4, 0.5) is 0 Å². The molecule has 0 aromatic carbocycles. The van der Waals surface area contributed by atoms with Gasteiger partial charge in [-0.05, 0) is 31.1 Å². The molecule has 4 heteroatoms. The average molecular weight is 218 g/mol. The molecule has 0 bridgehead atoms. The summed E-state index contributed by atoms with van der Waals surface area (Å²) in [6.07, 6.45) is 4.76. The van der Waals surface area contributed by atoms with Crippen LogP contribution in [0.2, 0.25) is 0 Å². The topological polar surface area (TPSA) is 54.4 Å². The summed E-state index contributed by atoms with van der Waals surface area (Å²) >= 11 is 0. The Morgan fingerprint density at radius 1 is 1.29 bits per heavy atom. The van der Waals surface area contributed by atoms with Crippen LogP contribution in [0.5, 0.6) is 0 Å². The van der Waals surface area contributed by atoms with Crippen molar-refractivity contribution in [2.75, 3.05) is 11.5 Å². The Morgan fingerprint density at radius 2 is 2.00 bits per heavy atom. The van der Waals surface area contributed by atoms with Crippen molar-refractivity contribution in [1.29, 1.82) is 0 Å². The summed E-state index contributed by atoms with van der Waals surface area (Å²) < 4.78 is 22.4. The zero-order chi connectivity index (χ0) is 10.2. The Morgan fingerprint density at radius 3 is 2.50 bits per heavy atom. The molecule has 2 rings (SSSR count). The van der Waals surface area contributed by atoms with Gasteiger partial charge in [0.25, 0.3) is 0 Å². The molecular formula is C10H18O3S. The van der Waals surface area contributed by atoms with E-state index in [4.69, 9.17) is 0 Å². The maximum absolute atomic E-state index is 11.2. The second kappa shape index (κ2) is 3.81. The number of aliphatic hydroxyl groups excluding tert-OH is 1. The molecule has 1 saturated carbocycles. The van der Waals surface area contributed by atoms with Crippen molar-refractivity contribution in [2.24, 2.45) is 11.8 Å². The van der Waals surface area contributed by atoms with Gasteiger partial charge >= 0.3 is 0 Å². The molecule has 0 amide bonds. The SMILES string of the molecule is O=S1(=O)CCC(C(O)CCC2CC2)C1. The van der Waals surface area contributed by atoms with E-state index in [0.717, 1.165) is 18.8 Å². The van der Waals surface area contributed by atoms with Gasteiger partial charge in [0, 0.05) is 0 Å². The lowest BCUT2D eigenvalue weighted by atomic mass is 9.97.